The van der Waals surface area contributed by atoms with E-state index in [1.807, 2.05) is 0 Å². The van der Waals surface area contributed by atoms with Crippen molar-refractivity contribution in [1.82, 2.24) is 0 Å². The number of rotatable bonds is 7. The molecule has 1 aliphatic carbocycles. The van der Waals surface area contributed by atoms with Gasteiger partial charge in [-0.3, -0.25) is 14.2 Å². The van der Waals surface area contributed by atoms with Gasteiger partial charge in [0.05, 0.1) is 18.9 Å². The first kappa shape index (κ1) is 21.0. The van der Waals surface area contributed by atoms with E-state index >= 15 is 0 Å². The number of imide groups is 1. The van der Waals surface area contributed by atoms with Crippen LogP contribution < -0.4 is 4.90 Å². The van der Waals surface area contributed by atoms with Gasteiger partial charge in [-0.2, -0.15) is 0 Å². The van der Waals surface area contributed by atoms with Crippen molar-refractivity contribution in [3.05, 3.63) is 45.7 Å². The number of halogens is 1. The van der Waals surface area contributed by atoms with E-state index < -0.39 is 7.60 Å². The van der Waals surface area contributed by atoms with Crippen LogP contribution in [-0.2, 0) is 23.2 Å². The van der Waals surface area contributed by atoms with Gasteiger partial charge in [0.2, 0.25) is 0 Å². The van der Waals surface area contributed by atoms with E-state index in [1.165, 1.54) is 16.8 Å². The fourth-order valence-corrected chi connectivity index (χ4v) is 4.92. The predicted molar refractivity (Wildman–Crippen MR) is 109 cm³/mol. The zero-order valence-electron chi connectivity index (χ0n) is 15.9. The van der Waals surface area contributed by atoms with Gasteiger partial charge in [0, 0.05) is 22.0 Å². The lowest BCUT2D eigenvalue weighted by Gasteiger charge is -2.16. The van der Waals surface area contributed by atoms with Gasteiger partial charge in [0.1, 0.15) is 0 Å². The Labute approximate surface area is 169 Å². The molecule has 0 spiro atoms. The van der Waals surface area contributed by atoms with Crippen LogP contribution in [-0.4, -0.2) is 25.0 Å². The number of nitrogens with zero attached hydrogens (tertiary/aromatic N) is 1. The van der Waals surface area contributed by atoms with E-state index in [4.69, 9.17) is 20.6 Å². The number of hydrogen-bond donors (Lipinski definition) is 0. The quantitative estimate of drug-likeness (QED) is 0.438. The molecule has 0 aromatic heterocycles. The molecule has 2 aliphatic rings. The average Bonchev–Trinajstić information content (AvgIpc) is 2.93. The van der Waals surface area contributed by atoms with Crippen LogP contribution >= 0.6 is 19.2 Å². The Morgan fingerprint density at radius 2 is 1.64 bits per heavy atom. The average molecular weight is 424 g/mol. The summed E-state index contributed by atoms with van der Waals surface area (Å²) in [5, 5.41) is 0.399. The van der Waals surface area contributed by atoms with Crippen LogP contribution in [0.25, 0.3) is 6.08 Å². The van der Waals surface area contributed by atoms with Gasteiger partial charge in [-0.25, -0.2) is 4.90 Å². The van der Waals surface area contributed by atoms with Gasteiger partial charge < -0.3 is 9.05 Å². The SMILES string of the molecule is CCOP(=O)(C=Cc1cc(N2C(=O)C3=C(CCCC3)C2=O)ccc1Cl)OCC. The molecule has 0 bridgehead atoms. The van der Waals surface area contributed by atoms with E-state index in [1.54, 1.807) is 32.0 Å². The van der Waals surface area contributed by atoms with E-state index in [9.17, 15) is 14.2 Å². The molecular weight excluding hydrogens is 401 g/mol. The van der Waals surface area contributed by atoms with Crippen LogP contribution in [0.15, 0.2) is 35.2 Å². The lowest BCUT2D eigenvalue weighted by Crippen LogP contribution is -2.31. The maximum Gasteiger partial charge on any atom is 0.354 e. The first-order chi connectivity index (χ1) is 13.4. The summed E-state index contributed by atoms with van der Waals surface area (Å²) in [5.74, 6) is 0.833. The normalized spacial score (nSPS) is 17.8. The number of carbonyl (C=O) groups is 2. The van der Waals surface area contributed by atoms with Crippen LogP contribution in [0.4, 0.5) is 5.69 Å². The van der Waals surface area contributed by atoms with Gasteiger partial charge in [-0.05, 0) is 69.4 Å². The van der Waals surface area contributed by atoms with Gasteiger partial charge in [0.15, 0.2) is 0 Å². The molecule has 3 rings (SSSR count). The summed E-state index contributed by atoms with van der Waals surface area (Å²) in [4.78, 5) is 26.7. The van der Waals surface area contributed by atoms with Crippen molar-refractivity contribution in [2.45, 2.75) is 39.5 Å². The summed E-state index contributed by atoms with van der Waals surface area (Å²) < 4.78 is 23.1. The molecule has 0 unspecified atom stereocenters. The second kappa shape index (κ2) is 8.75. The van der Waals surface area contributed by atoms with Gasteiger partial charge in [0.25, 0.3) is 11.8 Å². The molecule has 0 fully saturated rings. The molecule has 8 heteroatoms. The zero-order valence-corrected chi connectivity index (χ0v) is 17.6. The number of amides is 2. The molecule has 1 heterocycles. The Balaban J connectivity index is 1.90. The minimum absolute atomic E-state index is 0.239. The van der Waals surface area contributed by atoms with Gasteiger partial charge in [-0.1, -0.05) is 11.6 Å². The minimum Gasteiger partial charge on any atom is -0.306 e. The fourth-order valence-electron chi connectivity index (χ4n) is 3.43. The van der Waals surface area contributed by atoms with Crippen molar-refractivity contribution < 1.29 is 23.2 Å². The highest BCUT2D eigenvalue weighted by Crippen LogP contribution is 2.50. The highest BCUT2D eigenvalue weighted by molar-refractivity contribution is 7.57. The van der Waals surface area contributed by atoms with Crippen LogP contribution in [0.2, 0.25) is 5.02 Å². The van der Waals surface area contributed by atoms with Crippen LogP contribution in [0, 0.1) is 0 Å². The highest BCUT2D eigenvalue weighted by atomic mass is 35.5. The number of anilines is 1. The Bertz CT molecular complexity index is 870. The van der Waals surface area contributed by atoms with Crippen molar-refractivity contribution in [1.29, 1.82) is 0 Å². The molecule has 6 nitrogen and oxygen atoms in total. The third-order valence-electron chi connectivity index (χ3n) is 4.68. The molecule has 150 valence electrons. The molecule has 0 N–H and O–H groups in total. The lowest BCUT2D eigenvalue weighted by atomic mass is 9.93. The maximum atomic E-state index is 12.7. The molecule has 1 aromatic rings. The van der Waals surface area contributed by atoms with Crippen LogP contribution in [0.3, 0.4) is 0 Å². The minimum atomic E-state index is -3.39. The van der Waals surface area contributed by atoms with E-state index in [-0.39, 0.29) is 25.0 Å². The van der Waals surface area contributed by atoms with Crippen molar-refractivity contribution in [2.24, 2.45) is 0 Å². The highest BCUT2D eigenvalue weighted by Gasteiger charge is 2.39. The fraction of sp³-hybridized carbons (Fsp3) is 0.400. The Hall–Kier alpha value is -1.72. The Morgan fingerprint density at radius 1 is 1.07 bits per heavy atom. The van der Waals surface area contributed by atoms with Crippen molar-refractivity contribution in [3.8, 4) is 0 Å². The summed E-state index contributed by atoms with van der Waals surface area (Å²) in [6.07, 6.45) is 4.66. The number of carbonyl (C=O) groups excluding carboxylic acids is 2. The molecule has 0 saturated heterocycles. The summed E-state index contributed by atoms with van der Waals surface area (Å²) >= 11 is 6.26. The molecule has 2 amide bonds. The first-order valence-corrected chi connectivity index (χ1v) is 11.4. The van der Waals surface area contributed by atoms with Gasteiger partial charge in [-0.15, -0.1) is 0 Å². The maximum absolute atomic E-state index is 12.7. The molecule has 1 aliphatic heterocycles. The van der Waals surface area contributed by atoms with E-state index in [0.29, 0.717) is 40.3 Å². The third-order valence-corrected chi connectivity index (χ3v) is 6.78. The number of hydrogen-bond acceptors (Lipinski definition) is 5. The largest absolute Gasteiger partial charge is 0.354 e. The summed E-state index contributed by atoms with van der Waals surface area (Å²) in [6.45, 7) is 3.94. The third kappa shape index (κ3) is 4.15. The van der Waals surface area contributed by atoms with Crippen molar-refractivity contribution in [2.75, 3.05) is 18.1 Å². The lowest BCUT2D eigenvalue weighted by molar-refractivity contribution is -0.120. The molecule has 28 heavy (non-hydrogen) atoms. The van der Waals surface area contributed by atoms with E-state index in [2.05, 4.69) is 0 Å². The van der Waals surface area contributed by atoms with Crippen molar-refractivity contribution >= 4 is 42.8 Å². The zero-order chi connectivity index (χ0) is 20.3. The first-order valence-electron chi connectivity index (χ1n) is 9.38. The van der Waals surface area contributed by atoms with Crippen molar-refractivity contribution in [3.63, 3.8) is 0 Å². The predicted octanol–water partition coefficient (Wildman–Crippen LogP) is 5.32. The molecule has 0 radical (unpaired) electrons. The number of benzene rings is 1. The summed E-state index contributed by atoms with van der Waals surface area (Å²) in [7, 11) is -3.39. The standard InChI is InChI=1S/C20H23ClNO5P/c1-3-26-28(25,27-4-2)12-11-14-13-15(9-10-18(14)21)22-19(23)16-7-5-6-8-17(16)20(22)24/h9-13H,3-8H2,1-2H3. The van der Waals surface area contributed by atoms with Crippen LogP contribution in [0.5, 0.6) is 0 Å². The summed E-state index contributed by atoms with van der Waals surface area (Å²) in [6, 6.07) is 4.88. The Morgan fingerprint density at radius 3 is 2.18 bits per heavy atom. The molecule has 1 aromatic carbocycles. The molecule has 0 atom stereocenters. The molecular formula is C20H23ClNO5P. The van der Waals surface area contributed by atoms with E-state index in [0.717, 1.165) is 12.8 Å². The van der Waals surface area contributed by atoms with Crippen LogP contribution in [0.1, 0.15) is 45.1 Å². The second-order valence-corrected chi connectivity index (χ2v) is 8.81. The Kier molecular flexibility index (Phi) is 6.56. The topological polar surface area (TPSA) is 72.9 Å². The second-order valence-electron chi connectivity index (χ2n) is 6.51. The summed E-state index contributed by atoms with van der Waals surface area (Å²) in [5.41, 5.74) is 2.21. The monoisotopic (exact) mass is 423 g/mol. The molecule has 0 saturated carbocycles. The smallest absolute Gasteiger partial charge is 0.306 e. The van der Waals surface area contributed by atoms with Gasteiger partial charge >= 0.3 is 7.60 Å².